The molecule has 3 rings (SSSR count). The number of hydrogen-bond donors (Lipinski definition) is 1. The van der Waals surface area contributed by atoms with Crippen molar-refractivity contribution in [2.75, 3.05) is 20.3 Å². The first-order valence-corrected chi connectivity index (χ1v) is 10.2. The van der Waals surface area contributed by atoms with Gasteiger partial charge in [-0.1, -0.05) is 12.1 Å². The minimum atomic E-state index is -1.05. The summed E-state index contributed by atoms with van der Waals surface area (Å²) in [4.78, 5) is 41.3. The Morgan fingerprint density at radius 3 is 2.42 bits per heavy atom. The molecule has 0 bridgehead atoms. The zero-order chi connectivity index (χ0) is 22.4. The van der Waals surface area contributed by atoms with Gasteiger partial charge in [-0.05, 0) is 66.7 Å². The van der Waals surface area contributed by atoms with Gasteiger partial charge in [-0.15, -0.1) is 0 Å². The van der Waals surface area contributed by atoms with Gasteiger partial charge >= 0.3 is 11.9 Å². The van der Waals surface area contributed by atoms with Crippen LogP contribution in [0.4, 0.5) is 5.69 Å². The summed E-state index contributed by atoms with van der Waals surface area (Å²) in [6.07, 6.45) is 1.73. The van der Waals surface area contributed by atoms with E-state index in [2.05, 4.69) is 4.99 Å². The molecule has 0 saturated carbocycles. The first-order valence-electron chi connectivity index (χ1n) is 9.35. The summed E-state index contributed by atoms with van der Waals surface area (Å²) in [7, 11) is 1.64. The standard InChI is InChI=1S/C22H20N2O6S/c1-3-29-21(28)15-6-8-16(9-7-15)23-22-24(2)20(27)18(31-22)12-14-4-10-17(11-5-14)30-13-19(25)26/h4-12H,3,13H2,1-2H3,(H,25,26)/b18-12-,23-22?. The maximum absolute atomic E-state index is 12.6. The van der Waals surface area contributed by atoms with E-state index in [9.17, 15) is 14.4 Å². The van der Waals surface area contributed by atoms with E-state index in [0.29, 0.717) is 33.7 Å². The average molecular weight is 440 g/mol. The van der Waals surface area contributed by atoms with E-state index in [1.807, 2.05) is 0 Å². The van der Waals surface area contributed by atoms with Gasteiger partial charge in [-0.25, -0.2) is 14.6 Å². The van der Waals surface area contributed by atoms with Crippen molar-refractivity contribution in [3.8, 4) is 5.75 Å². The number of carbonyl (C=O) groups excluding carboxylic acids is 2. The number of carboxylic acids is 1. The minimum Gasteiger partial charge on any atom is -0.482 e. The Bertz CT molecular complexity index is 1040. The molecule has 0 aliphatic carbocycles. The van der Waals surface area contributed by atoms with Gasteiger partial charge in [-0.3, -0.25) is 9.69 Å². The van der Waals surface area contributed by atoms with Crippen LogP contribution < -0.4 is 4.74 Å². The molecular weight excluding hydrogens is 420 g/mol. The van der Waals surface area contributed by atoms with Gasteiger partial charge in [0.2, 0.25) is 0 Å². The number of hydrogen-bond acceptors (Lipinski definition) is 7. The third-order valence-electron chi connectivity index (χ3n) is 4.15. The summed E-state index contributed by atoms with van der Waals surface area (Å²) < 4.78 is 10.1. The van der Waals surface area contributed by atoms with Crippen LogP contribution in [-0.4, -0.2) is 53.3 Å². The number of amides is 1. The van der Waals surface area contributed by atoms with Gasteiger partial charge in [0.1, 0.15) is 5.75 Å². The van der Waals surface area contributed by atoms with Crippen LogP contribution in [0.1, 0.15) is 22.8 Å². The molecule has 0 aromatic heterocycles. The molecule has 1 N–H and O–H groups in total. The second-order valence-electron chi connectivity index (χ2n) is 6.39. The number of aliphatic imine (C=N–C) groups is 1. The van der Waals surface area contributed by atoms with Gasteiger partial charge in [0, 0.05) is 7.05 Å². The van der Waals surface area contributed by atoms with Gasteiger partial charge in [0.15, 0.2) is 11.8 Å². The van der Waals surface area contributed by atoms with Crippen molar-refractivity contribution in [2.24, 2.45) is 4.99 Å². The molecular formula is C22H20N2O6S. The number of carbonyl (C=O) groups is 3. The largest absolute Gasteiger partial charge is 0.482 e. The first kappa shape index (κ1) is 22.1. The number of thioether (sulfide) groups is 1. The molecule has 2 aromatic carbocycles. The number of esters is 1. The van der Waals surface area contributed by atoms with Crippen molar-refractivity contribution in [2.45, 2.75) is 6.92 Å². The molecule has 1 aliphatic rings. The lowest BCUT2D eigenvalue weighted by Gasteiger charge is -2.07. The minimum absolute atomic E-state index is 0.182. The number of nitrogens with zero attached hydrogens (tertiary/aromatic N) is 2. The van der Waals surface area contributed by atoms with Crippen LogP contribution in [0.2, 0.25) is 0 Å². The fourth-order valence-corrected chi connectivity index (χ4v) is 3.59. The maximum atomic E-state index is 12.6. The molecule has 2 aromatic rings. The van der Waals surface area contributed by atoms with E-state index in [1.165, 1.54) is 16.7 Å². The number of ether oxygens (including phenoxy) is 2. The molecule has 1 saturated heterocycles. The van der Waals surface area contributed by atoms with E-state index >= 15 is 0 Å². The number of rotatable bonds is 7. The van der Waals surface area contributed by atoms with Crippen LogP contribution in [0.3, 0.4) is 0 Å². The molecule has 0 unspecified atom stereocenters. The highest BCUT2D eigenvalue weighted by molar-refractivity contribution is 8.18. The number of amidine groups is 1. The zero-order valence-corrected chi connectivity index (χ0v) is 17.7. The number of aliphatic carboxylic acids is 1. The Labute approximate surface area is 183 Å². The molecule has 1 aliphatic heterocycles. The summed E-state index contributed by atoms with van der Waals surface area (Å²) in [5.74, 6) is -1.20. The molecule has 0 radical (unpaired) electrons. The Morgan fingerprint density at radius 1 is 1.13 bits per heavy atom. The third kappa shape index (κ3) is 5.73. The van der Waals surface area contributed by atoms with E-state index in [0.717, 1.165) is 5.56 Å². The molecule has 0 spiro atoms. The predicted octanol–water partition coefficient (Wildman–Crippen LogP) is 3.56. The third-order valence-corrected chi connectivity index (χ3v) is 5.21. The normalized spacial score (nSPS) is 16.1. The van der Waals surface area contributed by atoms with Crippen LogP contribution in [0.5, 0.6) is 5.75 Å². The Kier molecular flexibility index (Phi) is 7.09. The second kappa shape index (κ2) is 9.94. The van der Waals surface area contributed by atoms with Gasteiger partial charge < -0.3 is 14.6 Å². The lowest BCUT2D eigenvalue weighted by atomic mass is 10.2. The van der Waals surface area contributed by atoms with Crippen LogP contribution in [-0.2, 0) is 14.3 Å². The van der Waals surface area contributed by atoms with Gasteiger partial charge in [0.05, 0.1) is 22.8 Å². The van der Waals surface area contributed by atoms with Crippen molar-refractivity contribution in [1.82, 2.24) is 4.90 Å². The van der Waals surface area contributed by atoms with Gasteiger partial charge in [-0.2, -0.15) is 0 Å². The van der Waals surface area contributed by atoms with Crippen molar-refractivity contribution in [3.63, 3.8) is 0 Å². The molecule has 31 heavy (non-hydrogen) atoms. The fourth-order valence-electron chi connectivity index (χ4n) is 2.61. The number of carboxylic acid groups (broad SMARTS) is 1. The summed E-state index contributed by atoms with van der Waals surface area (Å²) in [6.45, 7) is 1.63. The highest BCUT2D eigenvalue weighted by Gasteiger charge is 2.30. The lowest BCUT2D eigenvalue weighted by Crippen LogP contribution is -2.23. The van der Waals surface area contributed by atoms with E-state index in [-0.39, 0.29) is 5.91 Å². The van der Waals surface area contributed by atoms with Crippen molar-refractivity contribution in [1.29, 1.82) is 0 Å². The highest BCUT2D eigenvalue weighted by Crippen LogP contribution is 2.33. The molecule has 8 nitrogen and oxygen atoms in total. The zero-order valence-electron chi connectivity index (χ0n) is 16.9. The highest BCUT2D eigenvalue weighted by atomic mass is 32.2. The van der Waals surface area contributed by atoms with Crippen LogP contribution >= 0.6 is 11.8 Å². The molecule has 9 heteroatoms. The SMILES string of the molecule is CCOC(=O)c1ccc(N=C2S/C(=C\c3ccc(OCC(=O)O)cc3)C(=O)N2C)cc1. The predicted molar refractivity (Wildman–Crippen MR) is 117 cm³/mol. The first-order chi connectivity index (χ1) is 14.9. The summed E-state index contributed by atoms with van der Waals surface area (Å²) in [5, 5.41) is 9.17. The van der Waals surface area contributed by atoms with Crippen molar-refractivity contribution in [3.05, 3.63) is 64.6 Å². The monoisotopic (exact) mass is 440 g/mol. The van der Waals surface area contributed by atoms with Crippen LogP contribution in [0.25, 0.3) is 6.08 Å². The number of benzene rings is 2. The molecule has 160 valence electrons. The lowest BCUT2D eigenvalue weighted by molar-refractivity contribution is -0.139. The molecule has 1 amide bonds. The molecule has 1 heterocycles. The van der Waals surface area contributed by atoms with E-state index in [4.69, 9.17) is 14.6 Å². The topological polar surface area (TPSA) is 106 Å². The van der Waals surface area contributed by atoms with E-state index in [1.54, 1.807) is 68.6 Å². The Morgan fingerprint density at radius 2 is 1.81 bits per heavy atom. The smallest absolute Gasteiger partial charge is 0.341 e. The van der Waals surface area contributed by atoms with Gasteiger partial charge in [0.25, 0.3) is 5.91 Å². The van der Waals surface area contributed by atoms with Crippen LogP contribution in [0.15, 0.2) is 58.4 Å². The summed E-state index contributed by atoms with van der Waals surface area (Å²) in [6, 6.07) is 13.4. The molecule has 0 atom stereocenters. The Balaban J connectivity index is 1.72. The number of likely N-dealkylation sites (N-methyl/N-ethyl adjacent to an activating group) is 1. The van der Waals surface area contributed by atoms with Crippen molar-refractivity contribution >= 4 is 46.5 Å². The maximum Gasteiger partial charge on any atom is 0.341 e. The second-order valence-corrected chi connectivity index (χ2v) is 7.40. The summed E-state index contributed by atoms with van der Waals surface area (Å²) in [5.41, 5.74) is 1.81. The van der Waals surface area contributed by atoms with E-state index < -0.39 is 18.5 Å². The van der Waals surface area contributed by atoms with Crippen molar-refractivity contribution < 1.29 is 29.0 Å². The average Bonchev–Trinajstić information content (AvgIpc) is 3.01. The summed E-state index contributed by atoms with van der Waals surface area (Å²) >= 11 is 1.24. The fraction of sp³-hybridized carbons (Fsp3) is 0.182. The quantitative estimate of drug-likeness (QED) is 0.518. The molecule has 1 fully saturated rings. The van der Waals surface area contributed by atoms with Crippen LogP contribution in [0, 0.1) is 0 Å². The Hall–Kier alpha value is -3.59.